The van der Waals surface area contributed by atoms with E-state index < -0.39 is 22.9 Å². The van der Waals surface area contributed by atoms with Gasteiger partial charge in [-0.1, -0.05) is 12.1 Å². The fourth-order valence-corrected chi connectivity index (χ4v) is 2.01. The highest BCUT2D eigenvalue weighted by Crippen LogP contribution is 2.19. The standard InChI is InChI=1S/C16H17FN2O3/c1-10-3-8-13(15(21)19-10)14(20)18-9-16(2,22)11-4-6-12(17)7-5-11/h3-8,22H,9H2,1-2H3,(H,18,20)(H,19,21). The molecule has 0 aliphatic carbocycles. The van der Waals surface area contributed by atoms with Crippen molar-refractivity contribution in [2.24, 2.45) is 0 Å². The smallest absolute Gasteiger partial charge is 0.260 e. The van der Waals surface area contributed by atoms with E-state index in [9.17, 15) is 19.1 Å². The Hall–Kier alpha value is -2.47. The minimum atomic E-state index is -1.37. The van der Waals surface area contributed by atoms with Gasteiger partial charge in [-0.3, -0.25) is 9.59 Å². The lowest BCUT2D eigenvalue weighted by Crippen LogP contribution is -2.40. The minimum absolute atomic E-state index is 0.0273. The largest absolute Gasteiger partial charge is 0.384 e. The highest BCUT2D eigenvalue weighted by molar-refractivity contribution is 5.93. The van der Waals surface area contributed by atoms with Crippen molar-refractivity contribution in [2.45, 2.75) is 19.4 Å². The second-order valence-electron chi connectivity index (χ2n) is 5.35. The van der Waals surface area contributed by atoms with E-state index in [1.165, 1.54) is 37.3 Å². The lowest BCUT2D eigenvalue weighted by Gasteiger charge is -2.24. The summed E-state index contributed by atoms with van der Waals surface area (Å²) in [6.07, 6.45) is 0. The molecule has 1 aromatic heterocycles. The van der Waals surface area contributed by atoms with Crippen LogP contribution in [0.15, 0.2) is 41.2 Å². The van der Waals surface area contributed by atoms with E-state index in [1.807, 2.05) is 0 Å². The van der Waals surface area contributed by atoms with E-state index in [4.69, 9.17) is 0 Å². The number of nitrogens with one attached hydrogen (secondary N) is 2. The molecule has 0 saturated heterocycles. The van der Waals surface area contributed by atoms with Crippen molar-refractivity contribution in [3.63, 3.8) is 0 Å². The molecule has 0 bridgehead atoms. The molecule has 2 rings (SSSR count). The van der Waals surface area contributed by atoms with Gasteiger partial charge in [0.05, 0.1) is 6.54 Å². The maximum atomic E-state index is 12.9. The maximum absolute atomic E-state index is 12.9. The Morgan fingerprint density at radius 1 is 1.27 bits per heavy atom. The van der Waals surface area contributed by atoms with Crippen LogP contribution in [0.1, 0.15) is 28.5 Å². The van der Waals surface area contributed by atoms with Crippen molar-refractivity contribution < 1.29 is 14.3 Å². The van der Waals surface area contributed by atoms with Gasteiger partial charge in [0, 0.05) is 5.69 Å². The number of aromatic amines is 1. The predicted molar refractivity (Wildman–Crippen MR) is 80.1 cm³/mol. The molecule has 1 atom stereocenters. The van der Waals surface area contributed by atoms with Gasteiger partial charge in [0.2, 0.25) is 0 Å². The molecule has 0 aliphatic heterocycles. The molecular weight excluding hydrogens is 287 g/mol. The lowest BCUT2D eigenvalue weighted by molar-refractivity contribution is 0.0525. The van der Waals surface area contributed by atoms with Crippen LogP contribution < -0.4 is 10.9 Å². The monoisotopic (exact) mass is 304 g/mol. The summed E-state index contributed by atoms with van der Waals surface area (Å²) in [5, 5.41) is 12.9. The maximum Gasteiger partial charge on any atom is 0.260 e. The third-order valence-electron chi connectivity index (χ3n) is 3.36. The van der Waals surface area contributed by atoms with Crippen LogP contribution in [0.25, 0.3) is 0 Å². The number of aliphatic hydroxyl groups is 1. The Labute approximate surface area is 126 Å². The topological polar surface area (TPSA) is 82.2 Å². The molecule has 0 fully saturated rings. The number of rotatable bonds is 4. The van der Waals surface area contributed by atoms with Crippen LogP contribution in [0.4, 0.5) is 4.39 Å². The number of halogens is 1. The highest BCUT2D eigenvalue weighted by atomic mass is 19.1. The molecular formula is C16H17FN2O3. The second kappa shape index (κ2) is 6.11. The Balaban J connectivity index is 2.09. The summed E-state index contributed by atoms with van der Waals surface area (Å²) in [6, 6.07) is 8.40. The number of H-pyrrole nitrogens is 1. The van der Waals surface area contributed by atoms with Gasteiger partial charge >= 0.3 is 0 Å². The van der Waals surface area contributed by atoms with Crippen molar-refractivity contribution >= 4 is 5.91 Å². The fraction of sp³-hybridized carbons (Fsp3) is 0.250. The molecule has 2 aromatic rings. The number of carbonyl (C=O) groups is 1. The summed E-state index contributed by atoms with van der Waals surface area (Å²) in [5.74, 6) is -0.988. The number of pyridine rings is 1. The normalized spacial score (nSPS) is 13.5. The van der Waals surface area contributed by atoms with E-state index in [-0.39, 0.29) is 12.1 Å². The Morgan fingerprint density at radius 2 is 1.91 bits per heavy atom. The summed E-state index contributed by atoms with van der Waals surface area (Å²) in [4.78, 5) is 26.2. The van der Waals surface area contributed by atoms with Gasteiger partial charge in [-0.25, -0.2) is 4.39 Å². The van der Waals surface area contributed by atoms with Crippen LogP contribution in [0.5, 0.6) is 0 Å². The van der Waals surface area contributed by atoms with E-state index in [2.05, 4.69) is 10.3 Å². The third-order valence-corrected chi connectivity index (χ3v) is 3.36. The van der Waals surface area contributed by atoms with Gasteiger partial charge in [0.15, 0.2) is 0 Å². The summed E-state index contributed by atoms with van der Waals surface area (Å²) in [5.41, 5.74) is -0.771. The molecule has 0 radical (unpaired) electrons. The minimum Gasteiger partial charge on any atom is -0.384 e. The second-order valence-corrected chi connectivity index (χ2v) is 5.35. The Morgan fingerprint density at radius 3 is 2.50 bits per heavy atom. The van der Waals surface area contributed by atoms with Crippen LogP contribution in [0, 0.1) is 12.7 Å². The molecule has 0 saturated carbocycles. The molecule has 1 aromatic carbocycles. The molecule has 22 heavy (non-hydrogen) atoms. The zero-order valence-electron chi connectivity index (χ0n) is 12.3. The molecule has 116 valence electrons. The number of hydrogen-bond donors (Lipinski definition) is 3. The lowest BCUT2D eigenvalue weighted by atomic mass is 9.96. The van der Waals surface area contributed by atoms with Gasteiger partial charge in [-0.15, -0.1) is 0 Å². The molecule has 5 nitrogen and oxygen atoms in total. The number of amides is 1. The Kier molecular flexibility index (Phi) is 4.42. The average molecular weight is 304 g/mol. The number of aryl methyl sites for hydroxylation is 1. The SMILES string of the molecule is Cc1ccc(C(=O)NCC(C)(O)c2ccc(F)cc2)c(=O)[nH]1. The first kappa shape index (κ1) is 15.9. The quantitative estimate of drug-likeness (QED) is 0.800. The van der Waals surface area contributed by atoms with Gasteiger partial charge in [-0.05, 0) is 43.7 Å². The van der Waals surface area contributed by atoms with Gasteiger partial charge < -0.3 is 15.4 Å². The van der Waals surface area contributed by atoms with Crippen molar-refractivity contribution in [3.8, 4) is 0 Å². The van der Waals surface area contributed by atoms with Crippen LogP contribution in [-0.2, 0) is 5.60 Å². The van der Waals surface area contributed by atoms with Crippen LogP contribution in [0.3, 0.4) is 0 Å². The third kappa shape index (κ3) is 3.59. The molecule has 3 N–H and O–H groups in total. The zero-order valence-corrected chi connectivity index (χ0v) is 12.3. The van der Waals surface area contributed by atoms with Crippen LogP contribution >= 0.6 is 0 Å². The molecule has 6 heteroatoms. The van der Waals surface area contributed by atoms with Crippen LogP contribution in [0.2, 0.25) is 0 Å². The van der Waals surface area contributed by atoms with Crippen LogP contribution in [-0.4, -0.2) is 22.5 Å². The zero-order chi connectivity index (χ0) is 16.3. The van der Waals surface area contributed by atoms with Crippen molar-refractivity contribution in [1.29, 1.82) is 0 Å². The first-order valence-electron chi connectivity index (χ1n) is 6.76. The van der Waals surface area contributed by atoms with E-state index in [0.29, 0.717) is 11.3 Å². The van der Waals surface area contributed by atoms with Crippen molar-refractivity contribution in [1.82, 2.24) is 10.3 Å². The van der Waals surface area contributed by atoms with Gasteiger partial charge in [-0.2, -0.15) is 0 Å². The summed E-state index contributed by atoms with van der Waals surface area (Å²) in [6.45, 7) is 3.10. The van der Waals surface area contributed by atoms with Gasteiger partial charge in [0.1, 0.15) is 17.0 Å². The van der Waals surface area contributed by atoms with Gasteiger partial charge in [0.25, 0.3) is 11.5 Å². The molecule has 0 aliphatic rings. The number of benzene rings is 1. The summed E-state index contributed by atoms with van der Waals surface area (Å²) >= 11 is 0. The fourth-order valence-electron chi connectivity index (χ4n) is 2.01. The number of hydrogen-bond acceptors (Lipinski definition) is 3. The number of aromatic nitrogens is 1. The molecule has 0 spiro atoms. The summed E-state index contributed by atoms with van der Waals surface area (Å²) < 4.78 is 12.9. The van der Waals surface area contributed by atoms with E-state index in [1.54, 1.807) is 13.0 Å². The molecule has 1 amide bonds. The number of carbonyl (C=O) groups excluding carboxylic acids is 1. The Bertz CT molecular complexity index is 736. The first-order valence-corrected chi connectivity index (χ1v) is 6.76. The average Bonchev–Trinajstić information content (AvgIpc) is 2.45. The van der Waals surface area contributed by atoms with Crippen molar-refractivity contribution in [3.05, 3.63) is 69.4 Å². The van der Waals surface area contributed by atoms with Crippen molar-refractivity contribution in [2.75, 3.05) is 6.54 Å². The highest BCUT2D eigenvalue weighted by Gasteiger charge is 2.24. The van der Waals surface area contributed by atoms with E-state index >= 15 is 0 Å². The van der Waals surface area contributed by atoms with E-state index in [0.717, 1.165) is 0 Å². The molecule has 1 unspecified atom stereocenters. The first-order chi connectivity index (χ1) is 10.3. The molecule has 1 heterocycles. The predicted octanol–water partition coefficient (Wildman–Crippen LogP) is 1.46. The summed E-state index contributed by atoms with van der Waals surface area (Å²) in [7, 11) is 0.